The third-order valence-electron chi connectivity index (χ3n) is 5.89. The van der Waals surface area contributed by atoms with Crippen LogP contribution < -0.4 is 11.1 Å². The Bertz CT molecular complexity index is 1350. The molecule has 1 atom stereocenters. The second-order valence-electron chi connectivity index (χ2n) is 9.78. The molecule has 0 spiro atoms. The van der Waals surface area contributed by atoms with Crippen LogP contribution in [0.1, 0.15) is 26.3 Å². The summed E-state index contributed by atoms with van der Waals surface area (Å²) in [4.78, 5) is 37.8. The highest BCUT2D eigenvalue weighted by molar-refractivity contribution is 5.83. The van der Waals surface area contributed by atoms with Gasteiger partial charge < -0.3 is 19.4 Å². The summed E-state index contributed by atoms with van der Waals surface area (Å²) in [6.45, 7) is 5.93. The standard InChI is InChI=1S/C26H28N4O5/c1-26(2,3)35-25(33)30-14-19(15-30)23(31)28-20(13-27)11-16-5-7-17(8-6-16)18-9-10-22-21(12-18)29(4)24(32)34-22/h5-10,12,19-20H,11,14-15H2,1-4H3,(H,28,31)/t20-/m0/s1. The fourth-order valence-corrected chi connectivity index (χ4v) is 3.91. The second kappa shape index (κ2) is 9.29. The fourth-order valence-electron chi connectivity index (χ4n) is 3.91. The number of hydrogen-bond acceptors (Lipinski definition) is 6. The molecule has 0 unspecified atom stereocenters. The Morgan fingerprint density at radius 3 is 2.46 bits per heavy atom. The van der Waals surface area contributed by atoms with Gasteiger partial charge in [0.25, 0.3) is 0 Å². The van der Waals surface area contributed by atoms with Crippen LogP contribution in [0.4, 0.5) is 4.79 Å². The molecule has 1 N–H and O–H groups in total. The predicted octanol–water partition coefficient (Wildman–Crippen LogP) is 3.22. The minimum absolute atomic E-state index is 0.244. The highest BCUT2D eigenvalue weighted by Gasteiger charge is 2.38. The largest absolute Gasteiger partial charge is 0.444 e. The van der Waals surface area contributed by atoms with E-state index in [1.54, 1.807) is 33.9 Å². The Morgan fingerprint density at radius 1 is 1.17 bits per heavy atom. The first-order valence-electron chi connectivity index (χ1n) is 11.4. The van der Waals surface area contributed by atoms with E-state index in [2.05, 4.69) is 11.4 Å². The van der Waals surface area contributed by atoms with Crippen LogP contribution in [0.5, 0.6) is 0 Å². The molecule has 2 aromatic carbocycles. The van der Waals surface area contributed by atoms with E-state index in [-0.39, 0.29) is 24.9 Å². The number of likely N-dealkylation sites (tertiary alicyclic amines) is 1. The van der Waals surface area contributed by atoms with Gasteiger partial charge in [-0.25, -0.2) is 9.59 Å². The first-order chi connectivity index (χ1) is 16.5. The van der Waals surface area contributed by atoms with Crippen LogP contribution in [-0.2, 0) is 23.0 Å². The van der Waals surface area contributed by atoms with E-state index in [4.69, 9.17) is 9.15 Å². The molecule has 2 heterocycles. The minimum Gasteiger partial charge on any atom is -0.444 e. The number of nitrogens with zero attached hydrogens (tertiary/aromatic N) is 3. The molecule has 1 saturated heterocycles. The van der Waals surface area contributed by atoms with Gasteiger partial charge in [-0.15, -0.1) is 0 Å². The van der Waals surface area contributed by atoms with Crippen LogP contribution in [0, 0.1) is 17.2 Å². The number of aromatic nitrogens is 1. The van der Waals surface area contributed by atoms with Crippen LogP contribution in [-0.4, -0.2) is 46.2 Å². The molecule has 4 rings (SSSR count). The van der Waals surface area contributed by atoms with Gasteiger partial charge in [0, 0.05) is 26.6 Å². The zero-order valence-electron chi connectivity index (χ0n) is 20.2. The monoisotopic (exact) mass is 476 g/mol. The SMILES string of the molecule is Cn1c(=O)oc2ccc(-c3ccc(C[C@@H](C#N)NC(=O)C4CN(C(=O)OC(C)(C)C)C4)cc3)cc21. The molecule has 182 valence electrons. The van der Waals surface area contributed by atoms with Crippen molar-refractivity contribution < 1.29 is 18.7 Å². The van der Waals surface area contributed by atoms with E-state index < -0.39 is 23.5 Å². The summed E-state index contributed by atoms with van der Waals surface area (Å²) in [7, 11) is 1.66. The molecule has 1 fully saturated rings. The number of carbonyl (C=O) groups is 2. The van der Waals surface area contributed by atoms with Crippen LogP contribution in [0.15, 0.2) is 51.7 Å². The van der Waals surface area contributed by atoms with E-state index >= 15 is 0 Å². The maximum Gasteiger partial charge on any atom is 0.419 e. The van der Waals surface area contributed by atoms with Crippen molar-refractivity contribution in [2.75, 3.05) is 13.1 Å². The van der Waals surface area contributed by atoms with Crippen molar-refractivity contribution in [3.05, 3.63) is 58.6 Å². The van der Waals surface area contributed by atoms with Gasteiger partial charge in [-0.05, 0) is 49.6 Å². The lowest BCUT2D eigenvalue weighted by Crippen LogP contribution is -2.57. The summed E-state index contributed by atoms with van der Waals surface area (Å²) in [5.74, 6) is -1.00. The Balaban J connectivity index is 1.34. The quantitative estimate of drug-likeness (QED) is 0.604. The molecule has 3 aromatic rings. The van der Waals surface area contributed by atoms with Gasteiger partial charge in [0.05, 0.1) is 17.5 Å². The predicted molar refractivity (Wildman–Crippen MR) is 129 cm³/mol. The molecule has 9 heteroatoms. The molecule has 1 aliphatic heterocycles. The molecule has 9 nitrogen and oxygen atoms in total. The van der Waals surface area contributed by atoms with Crippen molar-refractivity contribution in [3.63, 3.8) is 0 Å². The zero-order chi connectivity index (χ0) is 25.3. The van der Waals surface area contributed by atoms with Gasteiger partial charge in [-0.3, -0.25) is 9.36 Å². The summed E-state index contributed by atoms with van der Waals surface area (Å²) < 4.78 is 11.9. The number of oxazole rings is 1. The number of ether oxygens (including phenoxy) is 1. The number of benzene rings is 2. The van der Waals surface area contributed by atoms with E-state index in [9.17, 15) is 19.6 Å². The van der Waals surface area contributed by atoms with Gasteiger partial charge in [-0.1, -0.05) is 30.3 Å². The first-order valence-corrected chi connectivity index (χ1v) is 11.4. The lowest BCUT2D eigenvalue weighted by molar-refractivity contribution is -0.130. The van der Waals surface area contributed by atoms with E-state index in [0.29, 0.717) is 17.5 Å². The topological polar surface area (TPSA) is 118 Å². The number of hydrogen-bond donors (Lipinski definition) is 1. The van der Waals surface area contributed by atoms with Gasteiger partial charge in [-0.2, -0.15) is 5.26 Å². The molecule has 35 heavy (non-hydrogen) atoms. The van der Waals surface area contributed by atoms with Crippen molar-refractivity contribution >= 4 is 23.1 Å². The number of nitriles is 1. The third-order valence-corrected chi connectivity index (χ3v) is 5.89. The second-order valence-corrected chi connectivity index (χ2v) is 9.78. The smallest absolute Gasteiger partial charge is 0.419 e. The molecule has 0 bridgehead atoms. The van der Waals surface area contributed by atoms with Gasteiger partial charge in [0.2, 0.25) is 5.91 Å². The average molecular weight is 477 g/mol. The average Bonchev–Trinajstić information content (AvgIpc) is 3.04. The number of carbonyl (C=O) groups excluding carboxylic acids is 2. The lowest BCUT2D eigenvalue weighted by Gasteiger charge is -2.39. The van der Waals surface area contributed by atoms with E-state index in [1.807, 2.05) is 36.4 Å². The van der Waals surface area contributed by atoms with Crippen LogP contribution in [0.2, 0.25) is 0 Å². The maximum absolute atomic E-state index is 12.5. The van der Waals surface area contributed by atoms with Crippen molar-refractivity contribution in [2.24, 2.45) is 13.0 Å². The molecular formula is C26H28N4O5. The molecule has 0 saturated carbocycles. The number of nitrogens with one attached hydrogen (secondary N) is 1. The van der Waals surface area contributed by atoms with Crippen molar-refractivity contribution in [2.45, 2.75) is 38.8 Å². The summed E-state index contributed by atoms with van der Waals surface area (Å²) in [5, 5.41) is 12.3. The fraction of sp³-hybridized carbons (Fsp3) is 0.385. The van der Waals surface area contributed by atoms with Crippen molar-refractivity contribution in [1.82, 2.24) is 14.8 Å². The highest BCUT2D eigenvalue weighted by Crippen LogP contribution is 2.25. The molecular weight excluding hydrogens is 448 g/mol. The van der Waals surface area contributed by atoms with Gasteiger partial charge >= 0.3 is 11.8 Å². The van der Waals surface area contributed by atoms with Crippen molar-refractivity contribution in [1.29, 1.82) is 5.26 Å². The van der Waals surface area contributed by atoms with Crippen LogP contribution >= 0.6 is 0 Å². The van der Waals surface area contributed by atoms with Crippen LogP contribution in [0.25, 0.3) is 22.2 Å². The Morgan fingerprint density at radius 2 is 1.83 bits per heavy atom. The number of aryl methyl sites for hydroxylation is 1. The summed E-state index contributed by atoms with van der Waals surface area (Å²) in [6.07, 6.45) is -0.0760. The van der Waals surface area contributed by atoms with E-state index in [0.717, 1.165) is 16.7 Å². The summed E-state index contributed by atoms with van der Waals surface area (Å²) in [5.41, 5.74) is 3.46. The third kappa shape index (κ3) is 5.38. The summed E-state index contributed by atoms with van der Waals surface area (Å²) >= 11 is 0. The van der Waals surface area contributed by atoms with Crippen molar-refractivity contribution in [3.8, 4) is 17.2 Å². The Labute approximate surface area is 202 Å². The molecule has 2 amide bonds. The minimum atomic E-state index is -0.680. The van der Waals surface area contributed by atoms with E-state index in [1.165, 1.54) is 9.47 Å². The molecule has 1 aliphatic rings. The molecule has 0 aliphatic carbocycles. The normalized spacial score (nSPS) is 14.8. The summed E-state index contributed by atoms with van der Waals surface area (Å²) in [6, 6.07) is 14.7. The Hall–Kier alpha value is -4.06. The number of rotatable bonds is 5. The Kier molecular flexibility index (Phi) is 6.39. The maximum atomic E-state index is 12.5. The highest BCUT2D eigenvalue weighted by atomic mass is 16.6. The van der Waals surface area contributed by atoms with Gasteiger partial charge in [0.15, 0.2) is 5.58 Å². The molecule has 1 aromatic heterocycles. The number of amides is 2. The number of fused-ring (bicyclic) bond motifs is 1. The van der Waals surface area contributed by atoms with Crippen LogP contribution in [0.3, 0.4) is 0 Å². The first kappa shape index (κ1) is 24.1. The molecule has 0 radical (unpaired) electrons. The zero-order valence-corrected chi connectivity index (χ0v) is 20.2. The lowest BCUT2D eigenvalue weighted by atomic mass is 9.98. The van der Waals surface area contributed by atoms with Gasteiger partial charge in [0.1, 0.15) is 11.6 Å².